The molecule has 1 aromatic heterocycles. The summed E-state index contributed by atoms with van der Waals surface area (Å²) in [6, 6.07) is 11.7. The second-order valence-electron chi connectivity index (χ2n) is 7.01. The highest BCUT2D eigenvalue weighted by molar-refractivity contribution is 6.32. The highest BCUT2D eigenvalue weighted by atomic mass is 35.5. The first-order valence-corrected chi connectivity index (χ1v) is 9.33. The Hall–Kier alpha value is -2.13. The van der Waals surface area contributed by atoms with Crippen LogP contribution in [0.15, 0.2) is 36.5 Å². The van der Waals surface area contributed by atoms with Crippen molar-refractivity contribution in [2.75, 3.05) is 13.1 Å². The number of hydrogen-bond donors (Lipinski definition) is 1. The maximum Gasteiger partial charge on any atom is 0.157 e. The van der Waals surface area contributed by atoms with Crippen LogP contribution >= 0.6 is 11.6 Å². The van der Waals surface area contributed by atoms with Gasteiger partial charge in [-0.1, -0.05) is 17.7 Å². The monoisotopic (exact) mass is 368 g/mol. The van der Waals surface area contributed by atoms with Gasteiger partial charge in [0.05, 0.1) is 28.4 Å². The van der Waals surface area contributed by atoms with Crippen LogP contribution in [0, 0.1) is 11.3 Å². The maximum atomic E-state index is 9.03. The van der Waals surface area contributed by atoms with Gasteiger partial charge < -0.3 is 10.5 Å². The molecule has 1 fully saturated rings. The van der Waals surface area contributed by atoms with E-state index in [0.29, 0.717) is 16.3 Å². The van der Waals surface area contributed by atoms with E-state index in [1.165, 1.54) is 5.56 Å². The summed E-state index contributed by atoms with van der Waals surface area (Å²) in [7, 11) is 0. The average Bonchev–Trinajstić information content (AvgIpc) is 3.02. The van der Waals surface area contributed by atoms with Crippen molar-refractivity contribution < 1.29 is 4.74 Å². The Morgan fingerprint density at radius 2 is 2.23 bits per heavy atom. The topological polar surface area (TPSA) is 75.2 Å². The highest BCUT2D eigenvalue weighted by Gasteiger charge is 2.40. The second-order valence-corrected chi connectivity index (χ2v) is 7.42. The van der Waals surface area contributed by atoms with E-state index in [2.05, 4.69) is 22.0 Å². The van der Waals surface area contributed by atoms with E-state index < -0.39 is 0 Å². The largest absolute Gasteiger partial charge is 0.481 e. The summed E-state index contributed by atoms with van der Waals surface area (Å²) in [5.41, 5.74) is 8.91. The van der Waals surface area contributed by atoms with Crippen molar-refractivity contribution in [2.45, 2.75) is 37.5 Å². The number of nitrogens with zero attached hydrogens (tertiary/aromatic N) is 3. The third kappa shape index (κ3) is 3.28. The first-order valence-electron chi connectivity index (χ1n) is 8.95. The molecular weight excluding hydrogens is 348 g/mol. The number of fused-ring (bicyclic) bond motifs is 1. The molecule has 2 N–H and O–H groups in total. The minimum absolute atomic E-state index is 0.193. The van der Waals surface area contributed by atoms with Crippen molar-refractivity contribution >= 4 is 11.6 Å². The first-order chi connectivity index (χ1) is 12.7. The van der Waals surface area contributed by atoms with Crippen molar-refractivity contribution in [3.05, 3.63) is 58.4 Å². The fourth-order valence-corrected chi connectivity index (χ4v) is 4.22. The zero-order valence-electron chi connectivity index (χ0n) is 14.4. The zero-order valence-corrected chi connectivity index (χ0v) is 15.2. The van der Waals surface area contributed by atoms with E-state index in [4.69, 9.17) is 27.3 Å². The number of hydrogen-bond acceptors (Lipinski definition) is 5. The summed E-state index contributed by atoms with van der Waals surface area (Å²) in [5.74, 6) is 0.584. The first kappa shape index (κ1) is 17.3. The van der Waals surface area contributed by atoms with E-state index in [9.17, 15) is 0 Å². The van der Waals surface area contributed by atoms with Crippen LogP contribution in [0.3, 0.4) is 0 Å². The Labute approximate surface area is 158 Å². The molecule has 6 heteroatoms. The van der Waals surface area contributed by atoms with Crippen molar-refractivity contribution in [3.8, 4) is 11.8 Å². The number of rotatable bonds is 3. The Morgan fingerprint density at radius 3 is 3.00 bits per heavy atom. The fourth-order valence-electron chi connectivity index (χ4n) is 3.99. The van der Waals surface area contributed by atoms with Gasteiger partial charge in [0.25, 0.3) is 0 Å². The minimum Gasteiger partial charge on any atom is -0.481 e. The number of pyridine rings is 1. The van der Waals surface area contributed by atoms with Crippen molar-refractivity contribution in [1.29, 1.82) is 5.26 Å². The fraction of sp³-hybridized carbons (Fsp3) is 0.400. The predicted molar refractivity (Wildman–Crippen MR) is 100 cm³/mol. The van der Waals surface area contributed by atoms with Gasteiger partial charge in [0.15, 0.2) is 6.10 Å². The minimum atomic E-state index is -0.193. The Bertz CT molecular complexity index is 850. The molecule has 0 amide bonds. The lowest BCUT2D eigenvalue weighted by molar-refractivity contribution is 0.0577. The van der Waals surface area contributed by atoms with Crippen molar-refractivity contribution in [2.24, 2.45) is 5.73 Å². The van der Waals surface area contributed by atoms with Crippen LogP contribution in [-0.4, -0.2) is 35.1 Å². The van der Waals surface area contributed by atoms with Gasteiger partial charge in [0.2, 0.25) is 0 Å². The lowest BCUT2D eigenvalue weighted by atomic mass is 10.0. The van der Waals surface area contributed by atoms with Gasteiger partial charge in [-0.05, 0) is 55.6 Å². The molecule has 4 rings (SSSR count). The van der Waals surface area contributed by atoms with Gasteiger partial charge in [0, 0.05) is 18.8 Å². The highest BCUT2D eigenvalue weighted by Crippen LogP contribution is 2.39. The van der Waals surface area contributed by atoms with Crippen molar-refractivity contribution in [1.82, 2.24) is 9.88 Å². The molecule has 0 saturated carbocycles. The Morgan fingerprint density at radius 1 is 1.35 bits per heavy atom. The summed E-state index contributed by atoms with van der Waals surface area (Å²) in [6.07, 6.45) is 4.68. The van der Waals surface area contributed by atoms with Gasteiger partial charge >= 0.3 is 0 Å². The van der Waals surface area contributed by atoms with Crippen LogP contribution in [-0.2, 0) is 6.42 Å². The molecule has 1 aromatic carbocycles. The molecule has 2 aromatic rings. The molecule has 0 bridgehead atoms. The predicted octanol–water partition coefficient (Wildman–Crippen LogP) is 3.07. The van der Waals surface area contributed by atoms with E-state index in [1.807, 2.05) is 6.07 Å². The molecule has 1 aliphatic heterocycles. The maximum absolute atomic E-state index is 9.03. The van der Waals surface area contributed by atoms with Crippen LogP contribution < -0.4 is 10.5 Å². The smallest absolute Gasteiger partial charge is 0.157 e. The van der Waals surface area contributed by atoms with E-state index in [0.717, 1.165) is 38.0 Å². The SMILES string of the molecule is N#Cc1ccc(OC2c3ncccc3CC2N2CCC[C@@H](N)C2)c(Cl)c1. The van der Waals surface area contributed by atoms with Crippen LogP contribution in [0.1, 0.15) is 35.8 Å². The standard InChI is InChI=1S/C20H21ClN4O/c21-16-9-13(11-22)5-6-18(16)26-20-17(25-8-2-4-15(23)12-25)10-14-3-1-7-24-19(14)20/h1,3,5-7,9,15,17,20H,2,4,8,10,12,23H2/t15-,17?,20?/m1/s1. The quantitative estimate of drug-likeness (QED) is 0.901. The zero-order chi connectivity index (χ0) is 18.1. The number of nitrogens with two attached hydrogens (primary N) is 1. The number of piperidine rings is 1. The molecule has 1 aliphatic carbocycles. The number of benzene rings is 1. The number of aromatic nitrogens is 1. The molecule has 26 heavy (non-hydrogen) atoms. The van der Waals surface area contributed by atoms with Gasteiger partial charge in [-0.2, -0.15) is 5.26 Å². The van der Waals surface area contributed by atoms with Gasteiger partial charge in [-0.15, -0.1) is 0 Å². The third-order valence-electron chi connectivity index (χ3n) is 5.25. The summed E-state index contributed by atoms with van der Waals surface area (Å²) in [5, 5.41) is 9.47. The Kier molecular flexibility index (Phi) is 4.82. The Balaban J connectivity index is 1.64. The molecule has 2 unspecified atom stereocenters. The molecule has 1 saturated heterocycles. The lowest BCUT2D eigenvalue weighted by Gasteiger charge is -2.37. The molecule has 2 aliphatic rings. The van der Waals surface area contributed by atoms with Gasteiger partial charge in [-0.25, -0.2) is 0 Å². The van der Waals surface area contributed by atoms with Crippen LogP contribution in [0.5, 0.6) is 5.75 Å². The van der Waals surface area contributed by atoms with Gasteiger partial charge in [-0.3, -0.25) is 9.88 Å². The third-order valence-corrected chi connectivity index (χ3v) is 5.54. The van der Waals surface area contributed by atoms with Crippen molar-refractivity contribution in [3.63, 3.8) is 0 Å². The molecular formula is C20H21ClN4O. The normalized spacial score (nSPS) is 25.5. The van der Waals surface area contributed by atoms with E-state index >= 15 is 0 Å². The second kappa shape index (κ2) is 7.24. The number of ether oxygens (including phenoxy) is 1. The molecule has 134 valence electrons. The number of halogens is 1. The lowest BCUT2D eigenvalue weighted by Crippen LogP contribution is -2.49. The number of likely N-dealkylation sites (tertiary alicyclic amines) is 1. The van der Waals surface area contributed by atoms with Crippen LogP contribution in [0.4, 0.5) is 0 Å². The summed E-state index contributed by atoms with van der Waals surface area (Å²) in [4.78, 5) is 7.01. The molecule has 0 spiro atoms. The molecule has 0 radical (unpaired) electrons. The summed E-state index contributed by atoms with van der Waals surface area (Å²) < 4.78 is 6.35. The summed E-state index contributed by atoms with van der Waals surface area (Å²) in [6.45, 7) is 1.90. The molecule has 2 heterocycles. The summed E-state index contributed by atoms with van der Waals surface area (Å²) >= 11 is 6.34. The molecule has 3 atom stereocenters. The van der Waals surface area contributed by atoms with Gasteiger partial charge in [0.1, 0.15) is 5.75 Å². The van der Waals surface area contributed by atoms with E-state index in [-0.39, 0.29) is 18.2 Å². The number of nitriles is 1. The average molecular weight is 369 g/mol. The molecule has 5 nitrogen and oxygen atoms in total. The van der Waals surface area contributed by atoms with Crippen LogP contribution in [0.2, 0.25) is 5.02 Å². The van der Waals surface area contributed by atoms with Crippen LogP contribution in [0.25, 0.3) is 0 Å². The van der Waals surface area contributed by atoms with E-state index in [1.54, 1.807) is 24.4 Å².